The molecule has 4 nitrogen and oxygen atoms in total. The second-order valence-electron chi connectivity index (χ2n) is 3.42. The number of hydrogen-bond acceptors (Lipinski definition) is 4. The highest BCUT2D eigenvalue weighted by molar-refractivity contribution is 5.77. The minimum absolute atomic E-state index is 0.158. The fraction of sp³-hybridized carbons (Fsp3) is 0.500. The number of nitrogens with one attached hydrogen (secondary N) is 1. The van der Waals surface area contributed by atoms with Crippen LogP contribution in [-0.4, -0.2) is 18.6 Å². The Morgan fingerprint density at radius 1 is 1.64 bits per heavy atom. The van der Waals surface area contributed by atoms with Crippen LogP contribution in [0.25, 0.3) is 0 Å². The van der Waals surface area contributed by atoms with Gasteiger partial charge in [0.25, 0.3) is 0 Å². The first-order valence-electron chi connectivity index (χ1n) is 4.70. The first-order chi connectivity index (χ1) is 6.77. The molecule has 1 aromatic heterocycles. The number of hydrogen-bond donors (Lipinski definition) is 1. The zero-order valence-electron chi connectivity index (χ0n) is 8.08. The molecular formula is C10H13NO3. The lowest BCUT2D eigenvalue weighted by molar-refractivity contribution is -0.139. The van der Waals surface area contributed by atoms with Gasteiger partial charge < -0.3 is 9.15 Å². The van der Waals surface area contributed by atoms with E-state index >= 15 is 0 Å². The van der Waals surface area contributed by atoms with E-state index in [1.165, 1.54) is 0 Å². The van der Waals surface area contributed by atoms with Crippen LogP contribution in [0.2, 0.25) is 0 Å². The quantitative estimate of drug-likeness (QED) is 0.731. The van der Waals surface area contributed by atoms with Crippen molar-refractivity contribution in [1.82, 2.24) is 5.32 Å². The van der Waals surface area contributed by atoms with Gasteiger partial charge in [-0.05, 0) is 18.6 Å². The third-order valence-corrected chi connectivity index (χ3v) is 2.41. The van der Waals surface area contributed by atoms with Crippen LogP contribution >= 0.6 is 0 Å². The maximum atomic E-state index is 11.1. The summed E-state index contributed by atoms with van der Waals surface area (Å²) in [4.78, 5) is 11.1. The number of carbonyl (C=O) groups excluding carboxylic acids is 1. The summed E-state index contributed by atoms with van der Waals surface area (Å²) < 4.78 is 10.1. The van der Waals surface area contributed by atoms with E-state index in [0.717, 1.165) is 17.7 Å². The molecule has 14 heavy (non-hydrogen) atoms. The topological polar surface area (TPSA) is 51.5 Å². The van der Waals surface area contributed by atoms with E-state index in [2.05, 4.69) is 5.32 Å². The second kappa shape index (κ2) is 3.84. The van der Waals surface area contributed by atoms with Gasteiger partial charge in [0.05, 0.1) is 19.4 Å². The van der Waals surface area contributed by atoms with Crippen LogP contribution in [0.3, 0.4) is 0 Å². The highest BCUT2D eigenvalue weighted by Crippen LogP contribution is 2.11. The van der Waals surface area contributed by atoms with Crippen molar-refractivity contribution in [2.75, 3.05) is 6.61 Å². The van der Waals surface area contributed by atoms with Gasteiger partial charge in [0.15, 0.2) is 0 Å². The molecule has 76 valence electrons. The number of cyclic esters (lactones) is 1. The van der Waals surface area contributed by atoms with E-state index in [1.807, 2.05) is 13.0 Å². The largest absolute Gasteiger partial charge is 0.468 e. The minimum Gasteiger partial charge on any atom is -0.468 e. The van der Waals surface area contributed by atoms with Gasteiger partial charge in [0, 0.05) is 6.42 Å². The van der Waals surface area contributed by atoms with Crippen molar-refractivity contribution >= 4 is 5.97 Å². The van der Waals surface area contributed by atoms with E-state index in [4.69, 9.17) is 9.15 Å². The van der Waals surface area contributed by atoms with Gasteiger partial charge >= 0.3 is 5.97 Å². The molecule has 1 fully saturated rings. The Balaban J connectivity index is 1.88. The molecule has 0 radical (unpaired) electrons. The molecule has 1 unspecified atom stereocenters. The van der Waals surface area contributed by atoms with Gasteiger partial charge in [-0.2, -0.15) is 0 Å². The van der Waals surface area contributed by atoms with E-state index in [1.54, 1.807) is 6.26 Å². The van der Waals surface area contributed by atoms with E-state index in [-0.39, 0.29) is 12.0 Å². The van der Waals surface area contributed by atoms with Crippen LogP contribution in [0.1, 0.15) is 17.7 Å². The van der Waals surface area contributed by atoms with Crippen LogP contribution < -0.4 is 5.32 Å². The maximum Gasteiger partial charge on any atom is 0.323 e. The van der Waals surface area contributed by atoms with Crippen molar-refractivity contribution in [3.05, 3.63) is 23.7 Å². The molecular weight excluding hydrogens is 182 g/mol. The third-order valence-electron chi connectivity index (χ3n) is 2.41. The Hall–Kier alpha value is -1.29. The molecule has 1 aromatic rings. The van der Waals surface area contributed by atoms with Crippen molar-refractivity contribution in [3.63, 3.8) is 0 Å². The number of rotatable bonds is 3. The fourth-order valence-corrected chi connectivity index (χ4v) is 1.48. The Bertz CT molecular complexity index is 332. The van der Waals surface area contributed by atoms with Crippen LogP contribution in [-0.2, 0) is 16.1 Å². The van der Waals surface area contributed by atoms with Gasteiger partial charge in [-0.1, -0.05) is 0 Å². The molecule has 1 saturated heterocycles. The lowest BCUT2D eigenvalue weighted by Crippen LogP contribution is -2.32. The van der Waals surface area contributed by atoms with Gasteiger partial charge in [-0.3, -0.25) is 10.1 Å². The average Bonchev–Trinajstić information content (AvgIpc) is 2.72. The number of furan rings is 1. The monoisotopic (exact) mass is 195 g/mol. The number of ether oxygens (including phenoxy) is 1. The Kier molecular flexibility index (Phi) is 2.54. The lowest BCUT2D eigenvalue weighted by Gasteiger charge is -2.06. The number of aryl methyl sites for hydroxylation is 1. The lowest BCUT2D eigenvalue weighted by atomic mass is 10.2. The molecule has 4 heteroatoms. The average molecular weight is 195 g/mol. The Labute approximate surface area is 82.2 Å². The second-order valence-corrected chi connectivity index (χ2v) is 3.42. The van der Waals surface area contributed by atoms with Gasteiger partial charge in [0.2, 0.25) is 0 Å². The third kappa shape index (κ3) is 1.80. The van der Waals surface area contributed by atoms with Gasteiger partial charge in [-0.15, -0.1) is 0 Å². The van der Waals surface area contributed by atoms with Crippen molar-refractivity contribution in [3.8, 4) is 0 Å². The molecule has 1 aliphatic heterocycles. The van der Waals surface area contributed by atoms with Crippen LogP contribution in [0.15, 0.2) is 16.7 Å². The van der Waals surface area contributed by atoms with Crippen LogP contribution in [0.5, 0.6) is 0 Å². The summed E-state index contributed by atoms with van der Waals surface area (Å²) in [6.45, 7) is 3.08. The van der Waals surface area contributed by atoms with E-state index in [9.17, 15) is 4.79 Å². The predicted octanol–water partition coefficient (Wildman–Crippen LogP) is 0.993. The molecule has 0 aliphatic carbocycles. The summed E-state index contributed by atoms with van der Waals surface area (Å²) in [6, 6.07) is 1.74. The van der Waals surface area contributed by atoms with Crippen molar-refractivity contribution in [2.45, 2.75) is 25.9 Å². The summed E-state index contributed by atoms with van der Waals surface area (Å²) >= 11 is 0. The standard InChI is InChI=1S/C10H13NO3/c1-7-2-4-13-9(7)6-11-8-3-5-14-10(8)12/h2,4,8,11H,3,5-6H2,1H3. The molecule has 1 N–H and O–H groups in total. The molecule has 1 atom stereocenters. The highest BCUT2D eigenvalue weighted by atomic mass is 16.5. The first-order valence-corrected chi connectivity index (χ1v) is 4.70. The number of carbonyl (C=O) groups is 1. The smallest absolute Gasteiger partial charge is 0.323 e. The molecule has 0 amide bonds. The molecule has 0 bridgehead atoms. The van der Waals surface area contributed by atoms with Crippen LogP contribution in [0.4, 0.5) is 0 Å². The SMILES string of the molecule is Cc1ccoc1CNC1CCOC1=O. The summed E-state index contributed by atoms with van der Waals surface area (Å²) in [5.41, 5.74) is 1.10. The van der Waals surface area contributed by atoms with E-state index in [0.29, 0.717) is 13.2 Å². The van der Waals surface area contributed by atoms with Gasteiger partial charge in [0.1, 0.15) is 11.8 Å². The molecule has 0 saturated carbocycles. The zero-order chi connectivity index (χ0) is 9.97. The summed E-state index contributed by atoms with van der Waals surface area (Å²) in [5, 5.41) is 3.11. The predicted molar refractivity (Wildman–Crippen MR) is 49.6 cm³/mol. The number of esters is 1. The normalized spacial score (nSPS) is 21.2. The van der Waals surface area contributed by atoms with E-state index < -0.39 is 0 Å². The summed E-state index contributed by atoms with van der Waals surface area (Å²) in [5.74, 6) is 0.721. The minimum atomic E-state index is -0.167. The Morgan fingerprint density at radius 3 is 3.07 bits per heavy atom. The first kappa shape index (κ1) is 9.27. The van der Waals surface area contributed by atoms with Crippen molar-refractivity contribution in [2.24, 2.45) is 0 Å². The molecule has 0 spiro atoms. The zero-order valence-corrected chi connectivity index (χ0v) is 8.08. The molecule has 0 aromatic carbocycles. The summed E-state index contributed by atoms with van der Waals surface area (Å²) in [6.07, 6.45) is 2.40. The maximum absolute atomic E-state index is 11.1. The Morgan fingerprint density at radius 2 is 2.50 bits per heavy atom. The fourth-order valence-electron chi connectivity index (χ4n) is 1.48. The van der Waals surface area contributed by atoms with Crippen LogP contribution in [0, 0.1) is 6.92 Å². The summed E-state index contributed by atoms with van der Waals surface area (Å²) in [7, 11) is 0. The van der Waals surface area contributed by atoms with Crippen molar-refractivity contribution < 1.29 is 13.9 Å². The van der Waals surface area contributed by atoms with Gasteiger partial charge in [-0.25, -0.2) is 0 Å². The molecule has 2 heterocycles. The molecule has 1 aliphatic rings. The highest BCUT2D eigenvalue weighted by Gasteiger charge is 2.25. The molecule has 2 rings (SSSR count). The van der Waals surface area contributed by atoms with Crippen molar-refractivity contribution in [1.29, 1.82) is 0 Å².